The maximum atomic E-state index is 12.6. The number of methoxy groups -OCH3 is 2. The Kier molecular flexibility index (Phi) is 7.79. The first-order chi connectivity index (χ1) is 14.5. The van der Waals surface area contributed by atoms with Crippen molar-refractivity contribution in [2.24, 2.45) is 0 Å². The van der Waals surface area contributed by atoms with Crippen molar-refractivity contribution < 1.29 is 33.7 Å². The largest absolute Gasteiger partial charge is 0.496 e. The number of carbonyl (C=O) groups excluding carboxylic acids is 3. The Morgan fingerprint density at radius 1 is 1.10 bits per heavy atom. The fourth-order valence-corrected chi connectivity index (χ4v) is 3.28. The number of esters is 1. The number of ether oxygens (including phenoxy) is 3. The van der Waals surface area contributed by atoms with Crippen LogP contribution in [0.3, 0.4) is 0 Å². The zero-order valence-corrected chi connectivity index (χ0v) is 18.9. The van der Waals surface area contributed by atoms with Gasteiger partial charge in [0.05, 0.1) is 30.9 Å². The topological polar surface area (TPSA) is 99.1 Å². The minimum atomic E-state index is -1.000. The number of rotatable bonds is 9. The molecule has 1 aliphatic rings. The van der Waals surface area contributed by atoms with Gasteiger partial charge in [0.2, 0.25) is 0 Å². The molecule has 1 aromatic carbocycles. The minimum Gasteiger partial charge on any atom is -0.496 e. The number of hydrogen-bond donors (Lipinski definition) is 1. The van der Waals surface area contributed by atoms with Crippen molar-refractivity contribution in [1.29, 1.82) is 0 Å². The van der Waals surface area contributed by atoms with Crippen LogP contribution in [-0.2, 0) is 9.53 Å². The molecule has 0 aromatic heterocycles. The van der Waals surface area contributed by atoms with Gasteiger partial charge in [0.1, 0.15) is 17.6 Å². The summed E-state index contributed by atoms with van der Waals surface area (Å²) in [7, 11) is 2.80. The fourth-order valence-electron chi connectivity index (χ4n) is 3.28. The maximum Gasteiger partial charge on any atom is 0.306 e. The van der Waals surface area contributed by atoms with E-state index in [-0.39, 0.29) is 47.0 Å². The van der Waals surface area contributed by atoms with Crippen LogP contribution in [-0.4, -0.2) is 42.5 Å². The molecule has 7 heteroatoms. The third-order valence-electron chi connectivity index (χ3n) is 4.88. The molecule has 0 aliphatic heterocycles. The fraction of sp³-hybridized carbons (Fsp3) is 0.458. The minimum absolute atomic E-state index is 0.0271. The van der Waals surface area contributed by atoms with Crippen LogP contribution in [0.4, 0.5) is 0 Å². The summed E-state index contributed by atoms with van der Waals surface area (Å²) in [5, 5.41) is 9.90. The Morgan fingerprint density at radius 2 is 1.71 bits per heavy atom. The molecule has 0 radical (unpaired) electrons. The summed E-state index contributed by atoms with van der Waals surface area (Å²) >= 11 is 0. The van der Waals surface area contributed by atoms with Crippen molar-refractivity contribution >= 4 is 17.5 Å². The van der Waals surface area contributed by atoms with Crippen LogP contribution in [0.25, 0.3) is 0 Å². The predicted molar refractivity (Wildman–Crippen MR) is 116 cm³/mol. The maximum absolute atomic E-state index is 12.6. The zero-order chi connectivity index (χ0) is 23.3. The highest BCUT2D eigenvalue weighted by molar-refractivity contribution is 6.24. The van der Waals surface area contributed by atoms with Gasteiger partial charge < -0.3 is 19.3 Å². The predicted octanol–water partition coefficient (Wildman–Crippen LogP) is 4.13. The van der Waals surface area contributed by atoms with E-state index in [1.165, 1.54) is 26.4 Å². The van der Waals surface area contributed by atoms with Crippen LogP contribution in [0.15, 0.2) is 29.9 Å². The highest BCUT2D eigenvalue weighted by Gasteiger charge is 2.33. The Balaban J connectivity index is 2.56. The van der Waals surface area contributed by atoms with Crippen LogP contribution in [0.5, 0.6) is 11.5 Å². The lowest BCUT2D eigenvalue weighted by Crippen LogP contribution is -2.22. The van der Waals surface area contributed by atoms with Crippen molar-refractivity contribution in [1.82, 2.24) is 0 Å². The van der Waals surface area contributed by atoms with Gasteiger partial charge in [-0.1, -0.05) is 11.6 Å². The SMILES string of the molecule is COc1cc([C@@H](CC=C(C)C)OC(=O)CCC(C)(C)O)c(OC)c2c1C(=O)C=CC2=O. The molecule has 0 saturated heterocycles. The molecule has 2 rings (SSSR count). The summed E-state index contributed by atoms with van der Waals surface area (Å²) in [4.78, 5) is 37.6. The monoisotopic (exact) mass is 430 g/mol. The first-order valence-electron chi connectivity index (χ1n) is 10.1. The van der Waals surface area contributed by atoms with Crippen molar-refractivity contribution in [3.63, 3.8) is 0 Å². The molecule has 0 unspecified atom stereocenters. The van der Waals surface area contributed by atoms with Gasteiger partial charge in [-0.3, -0.25) is 14.4 Å². The number of aliphatic hydroxyl groups is 1. The van der Waals surface area contributed by atoms with Gasteiger partial charge >= 0.3 is 5.97 Å². The second-order valence-corrected chi connectivity index (χ2v) is 8.32. The molecular weight excluding hydrogens is 400 g/mol. The first-order valence-corrected chi connectivity index (χ1v) is 10.1. The first kappa shape index (κ1) is 24.3. The third-order valence-corrected chi connectivity index (χ3v) is 4.88. The van der Waals surface area contributed by atoms with Crippen molar-refractivity contribution in [3.05, 3.63) is 46.6 Å². The average Bonchev–Trinajstić information content (AvgIpc) is 2.70. The van der Waals surface area contributed by atoms with Crippen molar-refractivity contribution in [3.8, 4) is 11.5 Å². The van der Waals surface area contributed by atoms with E-state index in [2.05, 4.69) is 0 Å². The molecule has 31 heavy (non-hydrogen) atoms. The van der Waals surface area contributed by atoms with E-state index in [0.29, 0.717) is 12.0 Å². The van der Waals surface area contributed by atoms with E-state index < -0.39 is 17.7 Å². The molecule has 1 aromatic rings. The van der Waals surface area contributed by atoms with Crippen molar-refractivity contribution in [2.75, 3.05) is 14.2 Å². The van der Waals surface area contributed by atoms with E-state index >= 15 is 0 Å². The summed E-state index contributed by atoms with van der Waals surface area (Å²) in [6.07, 6.45) is 4.13. The normalized spacial score (nSPS) is 14.0. The molecule has 0 fully saturated rings. The molecule has 1 atom stereocenters. The highest BCUT2D eigenvalue weighted by Crippen LogP contribution is 2.42. The van der Waals surface area contributed by atoms with Gasteiger partial charge in [0, 0.05) is 18.4 Å². The lowest BCUT2D eigenvalue weighted by atomic mass is 9.88. The van der Waals surface area contributed by atoms with Crippen LogP contribution in [0, 0.1) is 0 Å². The van der Waals surface area contributed by atoms with E-state index in [0.717, 1.165) is 5.57 Å². The number of hydrogen-bond acceptors (Lipinski definition) is 7. The number of fused-ring (bicyclic) bond motifs is 1. The molecule has 1 N–H and O–H groups in total. The van der Waals surface area contributed by atoms with Gasteiger partial charge in [-0.15, -0.1) is 0 Å². The van der Waals surface area contributed by atoms with E-state index in [9.17, 15) is 19.5 Å². The summed E-state index contributed by atoms with van der Waals surface area (Å²) in [5.41, 5.74) is 0.684. The van der Waals surface area contributed by atoms with Gasteiger partial charge in [-0.25, -0.2) is 0 Å². The van der Waals surface area contributed by atoms with E-state index in [4.69, 9.17) is 14.2 Å². The lowest BCUT2D eigenvalue weighted by Gasteiger charge is -2.25. The van der Waals surface area contributed by atoms with Crippen LogP contribution in [0.2, 0.25) is 0 Å². The van der Waals surface area contributed by atoms with Crippen LogP contribution in [0.1, 0.15) is 79.3 Å². The standard InChI is InChI=1S/C24H30O7/c1-14(2)7-10-18(31-20(27)11-12-24(3,4)28)15-13-19(29-5)21-16(25)8-9-17(26)22(21)23(15)30-6/h7-9,13,18,28H,10-12H2,1-6H3/t18-/m1/s1. The number of allylic oxidation sites excluding steroid dienone is 3. The highest BCUT2D eigenvalue weighted by atomic mass is 16.5. The van der Waals surface area contributed by atoms with Gasteiger partial charge in [0.15, 0.2) is 11.6 Å². The Bertz CT molecular complexity index is 928. The van der Waals surface area contributed by atoms with Crippen molar-refractivity contribution in [2.45, 2.75) is 58.7 Å². The lowest BCUT2D eigenvalue weighted by molar-refractivity contribution is -0.150. The molecule has 0 bridgehead atoms. The quantitative estimate of drug-likeness (QED) is 0.464. The van der Waals surface area contributed by atoms with Gasteiger partial charge in [0.25, 0.3) is 0 Å². The van der Waals surface area contributed by atoms with E-state index in [1.807, 2.05) is 19.9 Å². The van der Waals surface area contributed by atoms with Gasteiger partial charge in [-0.2, -0.15) is 0 Å². The summed E-state index contributed by atoms with van der Waals surface area (Å²) in [6.45, 7) is 7.08. The molecule has 7 nitrogen and oxygen atoms in total. The smallest absolute Gasteiger partial charge is 0.306 e. The molecule has 0 amide bonds. The molecule has 0 heterocycles. The molecular formula is C24H30O7. The van der Waals surface area contributed by atoms with Crippen LogP contribution >= 0.6 is 0 Å². The number of benzene rings is 1. The molecule has 168 valence electrons. The van der Waals surface area contributed by atoms with Crippen LogP contribution < -0.4 is 9.47 Å². The Labute approximate surface area is 182 Å². The second-order valence-electron chi connectivity index (χ2n) is 8.32. The van der Waals surface area contributed by atoms with Gasteiger partial charge in [-0.05, 0) is 52.3 Å². The Hall–Kier alpha value is -2.93. The third kappa shape index (κ3) is 6.04. The second kappa shape index (κ2) is 9.92. The molecule has 1 aliphatic carbocycles. The number of carbonyl (C=O) groups is 3. The summed E-state index contributed by atoms with van der Waals surface area (Å²) < 4.78 is 16.7. The number of ketones is 2. The average molecular weight is 430 g/mol. The molecule has 0 saturated carbocycles. The molecule has 0 spiro atoms. The Morgan fingerprint density at radius 3 is 2.23 bits per heavy atom. The summed E-state index contributed by atoms with van der Waals surface area (Å²) in [6, 6.07) is 1.58. The summed E-state index contributed by atoms with van der Waals surface area (Å²) in [5.74, 6) is -0.847. The van der Waals surface area contributed by atoms with E-state index in [1.54, 1.807) is 19.9 Å². The zero-order valence-electron chi connectivity index (χ0n) is 18.9.